The van der Waals surface area contributed by atoms with Gasteiger partial charge in [0.1, 0.15) is 17.2 Å². The van der Waals surface area contributed by atoms with Crippen LogP contribution < -0.4 is 10.1 Å². The summed E-state index contributed by atoms with van der Waals surface area (Å²) < 4.78 is 5.71. The number of para-hydroxylation sites is 1. The number of aryl methyl sites for hydroxylation is 1. The van der Waals surface area contributed by atoms with E-state index in [-0.39, 0.29) is 5.91 Å². The van der Waals surface area contributed by atoms with E-state index in [0.717, 1.165) is 10.6 Å². The summed E-state index contributed by atoms with van der Waals surface area (Å²) in [6.07, 6.45) is 0. The van der Waals surface area contributed by atoms with E-state index in [1.165, 1.54) is 11.3 Å². The molecule has 3 rings (SSSR count). The van der Waals surface area contributed by atoms with E-state index >= 15 is 0 Å². The Morgan fingerprint density at radius 2 is 1.73 bits per heavy atom. The second kappa shape index (κ2) is 6.41. The van der Waals surface area contributed by atoms with E-state index in [1.54, 1.807) is 17.6 Å². The van der Waals surface area contributed by atoms with Crippen LogP contribution in [0.1, 0.15) is 15.4 Å². The van der Waals surface area contributed by atoms with Crippen LogP contribution in [0.4, 0.5) is 5.69 Å². The minimum atomic E-state index is -0.199. The molecule has 2 aromatic carbocycles. The average molecular weight is 310 g/mol. The molecule has 22 heavy (non-hydrogen) atoms. The molecule has 0 radical (unpaired) electrons. The SMILES string of the molecule is Cc1scnc1C(=O)Nc1ccc(Oc2ccccc2)cc1. The first-order valence-corrected chi connectivity index (χ1v) is 7.65. The third kappa shape index (κ3) is 3.32. The average Bonchev–Trinajstić information content (AvgIpc) is 2.96. The lowest BCUT2D eigenvalue weighted by molar-refractivity contribution is 0.102. The van der Waals surface area contributed by atoms with Crippen molar-refractivity contribution in [3.63, 3.8) is 0 Å². The Balaban J connectivity index is 1.67. The fraction of sp³-hybridized carbons (Fsp3) is 0.0588. The van der Waals surface area contributed by atoms with Gasteiger partial charge in [-0.05, 0) is 43.3 Å². The van der Waals surface area contributed by atoms with Crippen molar-refractivity contribution in [1.29, 1.82) is 0 Å². The fourth-order valence-electron chi connectivity index (χ4n) is 1.94. The largest absolute Gasteiger partial charge is 0.457 e. The molecule has 0 spiro atoms. The second-order valence-electron chi connectivity index (χ2n) is 4.65. The molecule has 0 aliphatic heterocycles. The van der Waals surface area contributed by atoms with E-state index in [9.17, 15) is 4.79 Å². The van der Waals surface area contributed by atoms with Crippen LogP contribution in [0.2, 0.25) is 0 Å². The van der Waals surface area contributed by atoms with Crippen molar-refractivity contribution in [3.05, 3.63) is 70.7 Å². The molecule has 1 N–H and O–H groups in total. The van der Waals surface area contributed by atoms with Crippen LogP contribution in [0, 0.1) is 6.92 Å². The maximum atomic E-state index is 12.1. The Hall–Kier alpha value is -2.66. The van der Waals surface area contributed by atoms with Gasteiger partial charge in [0.25, 0.3) is 5.91 Å². The zero-order valence-electron chi connectivity index (χ0n) is 11.9. The molecular weight excluding hydrogens is 296 g/mol. The molecule has 4 nitrogen and oxygen atoms in total. The van der Waals surface area contributed by atoms with Crippen LogP contribution in [0.5, 0.6) is 11.5 Å². The van der Waals surface area contributed by atoms with Gasteiger partial charge >= 0.3 is 0 Å². The van der Waals surface area contributed by atoms with Crippen molar-refractivity contribution < 1.29 is 9.53 Å². The van der Waals surface area contributed by atoms with Crippen molar-refractivity contribution >= 4 is 22.9 Å². The van der Waals surface area contributed by atoms with E-state index < -0.39 is 0 Å². The molecule has 110 valence electrons. The van der Waals surface area contributed by atoms with Gasteiger partial charge in [0.15, 0.2) is 0 Å². The van der Waals surface area contributed by atoms with Crippen molar-refractivity contribution in [3.8, 4) is 11.5 Å². The van der Waals surface area contributed by atoms with Crippen LogP contribution in [-0.4, -0.2) is 10.9 Å². The molecule has 0 fully saturated rings. The van der Waals surface area contributed by atoms with Crippen LogP contribution in [0.15, 0.2) is 60.1 Å². The molecule has 3 aromatic rings. The molecule has 0 atom stereocenters. The molecule has 0 unspecified atom stereocenters. The highest BCUT2D eigenvalue weighted by atomic mass is 32.1. The predicted molar refractivity (Wildman–Crippen MR) is 87.8 cm³/mol. The van der Waals surface area contributed by atoms with Gasteiger partial charge < -0.3 is 10.1 Å². The normalized spacial score (nSPS) is 10.2. The van der Waals surface area contributed by atoms with E-state index in [1.807, 2.05) is 49.4 Å². The number of benzene rings is 2. The number of rotatable bonds is 4. The monoisotopic (exact) mass is 310 g/mol. The number of nitrogens with zero attached hydrogens (tertiary/aromatic N) is 1. The molecular formula is C17H14N2O2S. The summed E-state index contributed by atoms with van der Waals surface area (Å²) in [4.78, 5) is 17.0. The molecule has 0 bridgehead atoms. The lowest BCUT2D eigenvalue weighted by Crippen LogP contribution is -2.13. The highest BCUT2D eigenvalue weighted by Gasteiger charge is 2.11. The standard InChI is InChI=1S/C17H14N2O2S/c1-12-16(18-11-22-12)17(20)19-13-7-9-15(10-8-13)21-14-5-3-2-4-6-14/h2-11H,1H3,(H,19,20). The summed E-state index contributed by atoms with van der Waals surface area (Å²) in [7, 11) is 0. The number of ether oxygens (including phenoxy) is 1. The first kappa shape index (κ1) is 14.3. The van der Waals surface area contributed by atoms with Gasteiger partial charge in [-0.1, -0.05) is 18.2 Å². The van der Waals surface area contributed by atoms with Gasteiger partial charge in [0.05, 0.1) is 5.51 Å². The van der Waals surface area contributed by atoms with Crippen LogP contribution in [0.25, 0.3) is 0 Å². The predicted octanol–water partition coefficient (Wildman–Crippen LogP) is 4.50. The van der Waals surface area contributed by atoms with Crippen LogP contribution in [-0.2, 0) is 0 Å². The number of thiazole rings is 1. The van der Waals surface area contributed by atoms with Crippen molar-refractivity contribution in [2.24, 2.45) is 0 Å². The Kier molecular flexibility index (Phi) is 4.16. The molecule has 5 heteroatoms. The number of amides is 1. The van der Waals surface area contributed by atoms with E-state index in [4.69, 9.17) is 4.74 Å². The van der Waals surface area contributed by atoms with Crippen molar-refractivity contribution in [2.75, 3.05) is 5.32 Å². The summed E-state index contributed by atoms with van der Waals surface area (Å²) in [6.45, 7) is 1.88. The summed E-state index contributed by atoms with van der Waals surface area (Å²) >= 11 is 1.46. The molecule has 1 amide bonds. The van der Waals surface area contributed by atoms with Gasteiger partial charge in [-0.3, -0.25) is 4.79 Å². The number of hydrogen-bond acceptors (Lipinski definition) is 4. The van der Waals surface area contributed by atoms with Gasteiger partial charge in [-0.2, -0.15) is 0 Å². The lowest BCUT2D eigenvalue weighted by Gasteiger charge is -2.07. The van der Waals surface area contributed by atoms with Crippen LogP contribution in [0.3, 0.4) is 0 Å². The quantitative estimate of drug-likeness (QED) is 0.772. The Morgan fingerprint density at radius 1 is 1.05 bits per heavy atom. The first-order valence-electron chi connectivity index (χ1n) is 6.77. The van der Waals surface area contributed by atoms with Crippen LogP contribution >= 0.6 is 11.3 Å². The minimum absolute atomic E-state index is 0.199. The third-order valence-corrected chi connectivity index (χ3v) is 3.81. The fourth-order valence-corrected chi connectivity index (χ4v) is 2.52. The van der Waals surface area contributed by atoms with Crippen molar-refractivity contribution in [1.82, 2.24) is 4.98 Å². The molecule has 1 aromatic heterocycles. The highest BCUT2D eigenvalue weighted by Crippen LogP contribution is 2.23. The number of anilines is 1. The van der Waals surface area contributed by atoms with E-state index in [0.29, 0.717) is 17.1 Å². The zero-order chi connectivity index (χ0) is 15.4. The third-order valence-electron chi connectivity index (χ3n) is 3.05. The maximum absolute atomic E-state index is 12.1. The number of nitrogens with one attached hydrogen (secondary N) is 1. The van der Waals surface area contributed by atoms with Gasteiger partial charge in [0, 0.05) is 10.6 Å². The summed E-state index contributed by atoms with van der Waals surface area (Å²) in [5, 5.41) is 2.83. The zero-order valence-corrected chi connectivity index (χ0v) is 12.8. The Morgan fingerprint density at radius 3 is 2.36 bits per heavy atom. The molecule has 0 aliphatic carbocycles. The van der Waals surface area contributed by atoms with Crippen molar-refractivity contribution in [2.45, 2.75) is 6.92 Å². The van der Waals surface area contributed by atoms with Gasteiger partial charge in [-0.25, -0.2) is 4.98 Å². The molecule has 1 heterocycles. The lowest BCUT2D eigenvalue weighted by atomic mass is 10.2. The highest BCUT2D eigenvalue weighted by molar-refractivity contribution is 7.09. The van der Waals surface area contributed by atoms with Gasteiger partial charge in [0.2, 0.25) is 0 Å². The Labute approximate surface area is 132 Å². The number of carbonyl (C=O) groups is 1. The second-order valence-corrected chi connectivity index (χ2v) is 5.71. The molecule has 0 saturated heterocycles. The van der Waals surface area contributed by atoms with E-state index in [2.05, 4.69) is 10.3 Å². The van der Waals surface area contributed by atoms with Gasteiger partial charge in [-0.15, -0.1) is 11.3 Å². The Bertz CT molecular complexity index is 767. The summed E-state index contributed by atoms with van der Waals surface area (Å²) in [5.74, 6) is 1.29. The first-order chi connectivity index (χ1) is 10.7. The summed E-state index contributed by atoms with van der Waals surface area (Å²) in [6, 6.07) is 16.8. The topological polar surface area (TPSA) is 51.2 Å². The minimum Gasteiger partial charge on any atom is -0.457 e. The molecule has 0 saturated carbocycles. The maximum Gasteiger partial charge on any atom is 0.275 e. The smallest absolute Gasteiger partial charge is 0.275 e. The number of hydrogen-bond donors (Lipinski definition) is 1. The number of aromatic nitrogens is 1. The number of carbonyl (C=O) groups excluding carboxylic acids is 1. The molecule has 0 aliphatic rings. The summed E-state index contributed by atoms with van der Waals surface area (Å²) in [5.41, 5.74) is 2.84.